The van der Waals surface area contributed by atoms with Gasteiger partial charge in [0.2, 0.25) is 53.2 Å². The van der Waals surface area contributed by atoms with Gasteiger partial charge < -0.3 is 59.5 Å². The molecule has 0 spiro atoms. The molecule has 3 rings (SSSR count). The van der Waals surface area contributed by atoms with Crippen LogP contribution in [0.15, 0.2) is 53.4 Å². The predicted octanol–water partition coefficient (Wildman–Crippen LogP) is 0.0403. The highest BCUT2D eigenvalue weighted by atomic mass is 32.2. The number of para-hydroxylation sites is 1. The van der Waals surface area contributed by atoms with E-state index in [4.69, 9.17) is 22.9 Å². The van der Waals surface area contributed by atoms with Crippen LogP contribution < -0.4 is 49.5 Å². The maximum Gasteiger partial charge on any atom is 0.304 e. The zero-order valence-electron chi connectivity index (χ0n) is 44.9. The van der Waals surface area contributed by atoms with Gasteiger partial charge in [-0.15, -0.1) is 0 Å². The Morgan fingerprint density at radius 1 is 0.772 bits per heavy atom. The van der Waals surface area contributed by atoms with Gasteiger partial charge in [0.05, 0.1) is 23.8 Å². The van der Waals surface area contributed by atoms with E-state index in [0.29, 0.717) is 18.4 Å². The molecule has 26 nitrogen and oxygen atoms in total. The van der Waals surface area contributed by atoms with Crippen LogP contribution >= 0.6 is 23.7 Å². The Balaban J connectivity index is 1.91. The minimum atomic E-state index is -1.81. The lowest BCUT2D eigenvalue weighted by Crippen LogP contribution is -2.61. The summed E-state index contributed by atoms with van der Waals surface area (Å²) in [6.07, 6.45) is -1.16. The highest BCUT2D eigenvalue weighted by Crippen LogP contribution is 2.32. The average Bonchev–Trinajstić information content (AvgIpc) is 3.91. The number of nitro benzene ring substituents is 1. The number of carbonyl (C=O) groups is 11. The van der Waals surface area contributed by atoms with Crippen molar-refractivity contribution in [1.82, 2.24) is 35.8 Å². The number of nitrogens with zero attached hydrogens (tertiary/aromatic N) is 3. The molecule has 14 N–H and O–H groups in total. The summed E-state index contributed by atoms with van der Waals surface area (Å²) in [7, 11) is 0. The zero-order valence-corrected chi connectivity index (χ0v) is 46.6. The van der Waals surface area contributed by atoms with E-state index >= 15 is 0 Å². The van der Waals surface area contributed by atoms with E-state index in [-0.39, 0.29) is 73.1 Å². The van der Waals surface area contributed by atoms with E-state index < -0.39 is 144 Å². The summed E-state index contributed by atoms with van der Waals surface area (Å²) in [6, 6.07) is 3.09. The summed E-state index contributed by atoms with van der Waals surface area (Å²) in [5, 5.41) is 33.8. The summed E-state index contributed by atoms with van der Waals surface area (Å²) >= 11 is 1.72. The van der Waals surface area contributed by atoms with Crippen molar-refractivity contribution in [2.24, 2.45) is 34.8 Å². The zero-order chi connectivity index (χ0) is 59.1. The molecule has 1 fully saturated rings. The van der Waals surface area contributed by atoms with Gasteiger partial charge in [-0.3, -0.25) is 67.2 Å². The molecule has 8 atom stereocenters. The van der Waals surface area contributed by atoms with E-state index in [1.165, 1.54) is 29.2 Å². The fraction of sp³-hybridized carbons (Fsp3) is 0.549. The maximum absolute atomic E-state index is 14.6. The fourth-order valence-corrected chi connectivity index (χ4v) is 10.2. The Kier molecular flexibility index (Phi) is 27.2. The van der Waals surface area contributed by atoms with Crippen LogP contribution in [0.1, 0.15) is 96.6 Å². The largest absolute Gasteiger partial charge is 0.481 e. The average molecular weight is 1140 g/mol. The van der Waals surface area contributed by atoms with E-state index in [9.17, 15) is 68.0 Å². The molecule has 0 aliphatic carbocycles. The van der Waals surface area contributed by atoms with Gasteiger partial charge in [0, 0.05) is 24.8 Å². The molecular formula is C51H74N12O14S2. The normalized spacial score (nSPS) is 15.7. The summed E-state index contributed by atoms with van der Waals surface area (Å²) in [5.41, 5.74) is 24.1. The second-order valence-electron chi connectivity index (χ2n) is 19.6. The molecule has 1 aliphatic heterocycles. The van der Waals surface area contributed by atoms with Gasteiger partial charge in [-0.05, 0) is 86.6 Å². The van der Waals surface area contributed by atoms with Gasteiger partial charge in [0.15, 0.2) is 0 Å². The van der Waals surface area contributed by atoms with Crippen LogP contribution in [0.2, 0.25) is 0 Å². The first kappa shape index (κ1) is 66.0. The van der Waals surface area contributed by atoms with Crippen LogP contribution in [0.5, 0.6) is 0 Å². The van der Waals surface area contributed by atoms with Gasteiger partial charge in [-0.2, -0.15) is 11.8 Å². The number of nitrogens with two attached hydrogens (primary N) is 4. The van der Waals surface area contributed by atoms with Crippen LogP contribution in [0.25, 0.3) is 0 Å². The Morgan fingerprint density at radius 2 is 1.41 bits per heavy atom. The van der Waals surface area contributed by atoms with Crippen molar-refractivity contribution in [3.05, 3.63) is 69.8 Å². The Hall–Kier alpha value is -7.33. The van der Waals surface area contributed by atoms with Gasteiger partial charge >= 0.3 is 5.97 Å². The minimum absolute atomic E-state index is 0.00883. The minimum Gasteiger partial charge on any atom is -0.481 e. The quantitative estimate of drug-likeness (QED) is 0.0191. The number of aliphatic carboxylic acids is 1. The number of thioether (sulfide) groups is 1. The number of hydrogen-bond donors (Lipinski definition) is 10. The molecule has 434 valence electrons. The molecule has 1 heterocycles. The molecule has 1 saturated heterocycles. The molecule has 79 heavy (non-hydrogen) atoms. The molecule has 10 amide bonds. The lowest BCUT2D eigenvalue weighted by atomic mass is 9.96. The summed E-state index contributed by atoms with van der Waals surface area (Å²) < 4.78 is 0.910. The first-order valence-electron chi connectivity index (χ1n) is 25.7. The van der Waals surface area contributed by atoms with Crippen LogP contribution in [-0.4, -0.2) is 151 Å². The van der Waals surface area contributed by atoms with Gasteiger partial charge in [0.25, 0.3) is 11.6 Å². The lowest BCUT2D eigenvalue weighted by molar-refractivity contribution is -0.387. The highest BCUT2D eigenvalue weighted by Gasteiger charge is 2.41. The van der Waals surface area contributed by atoms with Crippen LogP contribution in [-0.2, 0) is 59.2 Å². The fourth-order valence-electron chi connectivity index (χ4n) is 8.26. The van der Waals surface area contributed by atoms with Crippen molar-refractivity contribution in [1.29, 1.82) is 0 Å². The molecule has 28 heteroatoms. The van der Waals surface area contributed by atoms with Gasteiger partial charge in [-0.1, -0.05) is 76.1 Å². The molecule has 2 aromatic rings. The number of nitrogens with one attached hydrogen (secondary N) is 5. The number of benzene rings is 2. The van der Waals surface area contributed by atoms with Crippen LogP contribution in [0.4, 0.5) is 5.69 Å². The number of nitro groups is 1. The van der Waals surface area contributed by atoms with Gasteiger partial charge in [-0.25, -0.2) is 0 Å². The summed E-state index contributed by atoms with van der Waals surface area (Å²) in [6.45, 7) is 8.16. The number of hydrogen-bond acceptors (Lipinski definition) is 16. The number of likely N-dealkylation sites (tertiary alicyclic amines) is 1. The molecule has 0 saturated carbocycles. The molecule has 2 aromatic carbocycles. The van der Waals surface area contributed by atoms with Crippen molar-refractivity contribution in [2.75, 3.05) is 24.6 Å². The number of primary amides is 3. The molecule has 0 radical (unpaired) electrons. The number of carbonyl (C=O) groups excluding carboxylic acids is 10. The van der Waals surface area contributed by atoms with E-state index in [2.05, 4.69) is 26.6 Å². The second kappa shape index (κ2) is 32.5. The highest BCUT2D eigenvalue weighted by molar-refractivity contribution is 7.99. The molecule has 0 bridgehead atoms. The molecule has 0 unspecified atom stereocenters. The Morgan fingerprint density at radius 3 is 2.00 bits per heavy atom. The van der Waals surface area contributed by atoms with E-state index in [1.54, 1.807) is 27.7 Å². The number of amides is 10. The molecule has 0 aromatic heterocycles. The maximum atomic E-state index is 14.6. The van der Waals surface area contributed by atoms with Gasteiger partial charge in [0.1, 0.15) is 47.7 Å². The second-order valence-corrected chi connectivity index (χ2v) is 21.9. The van der Waals surface area contributed by atoms with Crippen LogP contribution in [0, 0.1) is 28.9 Å². The Labute approximate surface area is 466 Å². The molecule has 1 aliphatic rings. The van der Waals surface area contributed by atoms with E-state index in [1.807, 2.05) is 31.2 Å². The number of carboxylic acids is 1. The van der Waals surface area contributed by atoms with E-state index in [0.717, 1.165) is 27.2 Å². The first-order chi connectivity index (χ1) is 37.2. The number of rotatable bonds is 34. The number of carboxylic acid groups (broad SMARTS) is 1. The monoisotopic (exact) mass is 1140 g/mol. The molecular weight excluding hydrogens is 1070 g/mol. The first-order valence-corrected chi connectivity index (χ1v) is 27.7. The van der Waals surface area contributed by atoms with Crippen molar-refractivity contribution < 1.29 is 62.8 Å². The summed E-state index contributed by atoms with van der Waals surface area (Å²) in [4.78, 5) is 159. The van der Waals surface area contributed by atoms with Crippen molar-refractivity contribution in [2.45, 2.75) is 146 Å². The summed E-state index contributed by atoms with van der Waals surface area (Å²) in [5.74, 6) is -10.6. The predicted molar refractivity (Wildman–Crippen MR) is 292 cm³/mol. The van der Waals surface area contributed by atoms with Crippen molar-refractivity contribution in [3.63, 3.8) is 0 Å². The topological polar surface area (TPSA) is 422 Å². The van der Waals surface area contributed by atoms with Crippen molar-refractivity contribution >= 4 is 94.4 Å². The SMILES string of the molecule is CC[C@H](C)[C@H](NC(=O)[C@@H](N)Cc1ccc(C)cc1)C(=O)N[C@@H](CCC(N)=O)C(=O)N[C@@H](CC(N)=O)C(=O)N[C@@H](CCSCCC(=O)O)C(=O)N1CCC[C@H]1C(=O)N[C@@H](CC(C)C)C(=O)N(CC(N)=O)Sc1ccccc1[N+](=O)[O-]. The lowest BCUT2D eigenvalue weighted by Gasteiger charge is -2.32. The van der Waals surface area contributed by atoms with Crippen molar-refractivity contribution in [3.8, 4) is 0 Å². The third-order valence-corrected chi connectivity index (χ3v) is 14.7. The smallest absolute Gasteiger partial charge is 0.304 e. The van der Waals surface area contributed by atoms with Crippen LogP contribution in [0.3, 0.4) is 0 Å². The standard InChI is InChI=1S/C51H74N12O14S2/c1-6-30(5)44(60-45(69)32(52)25-31-15-13-29(4)14-16-31)49(73)56-33(17-18-40(53)64)46(70)58-35(26-41(54)65)47(71)57-34(19-22-78-23-20-43(67)68)50(74)61-21-9-11-38(61)48(72)59-36(24-28(2)3)51(75)62(27-42(55)66)79-39-12-8-7-10-37(39)63(76)77/h7-8,10,12-16,28,30,32-36,38,44H,6,9,11,17-27,52H2,1-5H3,(H2,53,64)(H2,54,65)(H2,55,66)(H,56,73)(H,57,71)(H,58,70)(H,59,72)(H,60,69)(H,67,68)/t30-,32-,33-,34-,35-,36-,38-,44-/m0/s1. The third kappa shape index (κ3) is 22.1. The Bertz CT molecular complexity index is 2520. The number of aryl methyl sites for hydroxylation is 1. The third-order valence-electron chi connectivity index (χ3n) is 12.7.